The highest BCUT2D eigenvalue weighted by atomic mass is 35.5. The van der Waals surface area contributed by atoms with Crippen molar-refractivity contribution in [1.82, 2.24) is 14.5 Å². The Hall–Kier alpha value is -2.63. The minimum atomic E-state index is -3.96. The molecule has 2 fully saturated rings. The zero-order valence-electron chi connectivity index (χ0n) is 33.3. The molecule has 2 aromatic carbocycles. The summed E-state index contributed by atoms with van der Waals surface area (Å²) in [6.07, 6.45) is 10.1. The zero-order chi connectivity index (χ0) is 38.6. The lowest BCUT2D eigenvalue weighted by atomic mass is 9.63. The molecular formula is C43H61ClN4O5S. The van der Waals surface area contributed by atoms with E-state index in [0.717, 1.165) is 81.3 Å². The number of sulfonamides is 1. The van der Waals surface area contributed by atoms with Crippen molar-refractivity contribution in [1.29, 1.82) is 0 Å². The maximum Gasteiger partial charge on any atom is 0.264 e. The van der Waals surface area contributed by atoms with Gasteiger partial charge in [-0.15, -0.1) is 0 Å². The quantitative estimate of drug-likeness (QED) is 0.330. The molecule has 296 valence electrons. The van der Waals surface area contributed by atoms with Gasteiger partial charge in [0.2, 0.25) is 10.0 Å². The van der Waals surface area contributed by atoms with E-state index in [1.54, 1.807) is 13.0 Å². The number of allylic oxidation sites excluding steroid dienone is 1. The molecular weight excluding hydrogens is 720 g/mol. The van der Waals surface area contributed by atoms with Crippen molar-refractivity contribution in [3.05, 3.63) is 70.3 Å². The number of rotatable bonds is 4. The molecule has 0 aromatic heterocycles. The normalized spacial score (nSPS) is 35.3. The van der Waals surface area contributed by atoms with Gasteiger partial charge in [0.1, 0.15) is 11.4 Å². The molecule has 8 atom stereocenters. The number of fused-ring (bicyclic) bond motifs is 4. The van der Waals surface area contributed by atoms with E-state index in [4.69, 9.17) is 21.1 Å². The number of ether oxygens (including phenoxy) is 2. The molecule has 2 aliphatic carbocycles. The standard InChI is InChI=1S/C43H61ClN4O5S/c1-28(2)48-30(4)22-46(23-31(48)5)26-43(52-7)19-8-10-29(3)32(6)54(50,51)45-41(49)34-13-17-40-39(21-34)47(24-35-12-15-38(35)43)25-42(27-53-40)18-9-11-33-20-36(44)14-16-37(33)42/h8,13-14,16-17,19-21,28-32,35,38H,9-12,15,18,22-27H2,1-7H3,(H,45,49)/b19-8-/t29-,30-,31+,32+,35-,38+,42-,43-/m0/s1. The van der Waals surface area contributed by atoms with E-state index in [-0.39, 0.29) is 17.3 Å². The summed E-state index contributed by atoms with van der Waals surface area (Å²) < 4.78 is 43.2. The van der Waals surface area contributed by atoms with Crippen LogP contribution in [0, 0.1) is 17.8 Å². The molecule has 2 bridgehead atoms. The Kier molecular flexibility index (Phi) is 11.3. The molecule has 2 aromatic rings. The van der Waals surface area contributed by atoms with E-state index >= 15 is 0 Å². The third-order valence-electron chi connectivity index (χ3n) is 13.7. The number of carbonyl (C=O) groups is 1. The molecule has 3 heterocycles. The smallest absolute Gasteiger partial charge is 0.264 e. The minimum Gasteiger partial charge on any atom is -0.490 e. The summed E-state index contributed by atoms with van der Waals surface area (Å²) in [6, 6.07) is 13.0. The second kappa shape index (κ2) is 15.4. The summed E-state index contributed by atoms with van der Waals surface area (Å²) in [5.41, 5.74) is 2.89. The molecule has 0 radical (unpaired) electrons. The van der Waals surface area contributed by atoms with Crippen LogP contribution in [0.2, 0.25) is 5.02 Å². The Labute approximate surface area is 328 Å². The zero-order valence-corrected chi connectivity index (χ0v) is 34.9. The van der Waals surface area contributed by atoms with Crippen molar-refractivity contribution in [3.63, 3.8) is 0 Å². The summed E-state index contributed by atoms with van der Waals surface area (Å²) in [6.45, 7) is 17.6. The van der Waals surface area contributed by atoms with Gasteiger partial charge in [-0.3, -0.25) is 14.6 Å². The maximum atomic E-state index is 13.7. The topological polar surface area (TPSA) is 91.4 Å². The minimum absolute atomic E-state index is 0.221. The summed E-state index contributed by atoms with van der Waals surface area (Å²) in [5.74, 6) is 0.470. The van der Waals surface area contributed by atoms with E-state index in [1.165, 1.54) is 11.1 Å². The van der Waals surface area contributed by atoms with Gasteiger partial charge < -0.3 is 14.4 Å². The van der Waals surface area contributed by atoms with E-state index in [1.807, 2.05) is 32.2 Å². The van der Waals surface area contributed by atoms with Gasteiger partial charge >= 0.3 is 0 Å². The van der Waals surface area contributed by atoms with Gasteiger partial charge in [-0.05, 0) is 132 Å². The SMILES string of the molecule is CO[C@]1(CN2C[C@@H](C)N(C(C)C)[C@@H](C)C2)/C=C\C[C@H](C)[C@@H](C)S(=O)(=O)NC(=O)c2ccc3c(c2)N(C[C@@H]2CC[C@H]21)C[C@@]1(CCCc2cc(Cl)ccc21)CO3. The van der Waals surface area contributed by atoms with E-state index in [0.29, 0.717) is 42.6 Å². The lowest BCUT2D eigenvalue weighted by Gasteiger charge is -2.54. The van der Waals surface area contributed by atoms with E-state index in [9.17, 15) is 13.2 Å². The molecule has 1 saturated carbocycles. The predicted octanol–water partition coefficient (Wildman–Crippen LogP) is 7.07. The molecule has 3 aliphatic heterocycles. The predicted molar refractivity (Wildman–Crippen MR) is 217 cm³/mol. The number of nitrogens with one attached hydrogen (secondary N) is 1. The fourth-order valence-corrected chi connectivity index (χ4v) is 12.2. The van der Waals surface area contributed by atoms with Crippen molar-refractivity contribution in [2.24, 2.45) is 17.8 Å². The number of hydrogen-bond donors (Lipinski definition) is 1. The Morgan fingerprint density at radius 1 is 1.04 bits per heavy atom. The average molecular weight is 782 g/mol. The second-order valence-electron chi connectivity index (χ2n) is 17.6. The average Bonchev–Trinajstić information content (AvgIpc) is 3.25. The number of halogens is 1. The van der Waals surface area contributed by atoms with Crippen molar-refractivity contribution in [3.8, 4) is 5.75 Å². The number of carbonyl (C=O) groups excluding carboxylic acids is 1. The number of methoxy groups -OCH3 is 1. The lowest BCUT2D eigenvalue weighted by Crippen LogP contribution is -2.63. The van der Waals surface area contributed by atoms with Crippen LogP contribution in [0.5, 0.6) is 5.75 Å². The molecule has 1 amide bonds. The number of aryl methyl sites for hydroxylation is 1. The van der Waals surface area contributed by atoms with E-state index in [2.05, 4.69) is 71.4 Å². The summed E-state index contributed by atoms with van der Waals surface area (Å²) in [5, 5.41) is -0.0303. The molecule has 1 spiro atoms. The largest absolute Gasteiger partial charge is 0.490 e. The van der Waals surface area contributed by atoms with Gasteiger partial charge in [-0.25, -0.2) is 13.1 Å². The Morgan fingerprint density at radius 2 is 1.80 bits per heavy atom. The molecule has 0 unspecified atom stereocenters. The van der Waals surface area contributed by atoms with Crippen LogP contribution in [-0.2, 0) is 26.6 Å². The van der Waals surface area contributed by atoms with Gasteiger partial charge in [0.05, 0.1) is 17.5 Å². The number of amides is 1. The fraction of sp³-hybridized carbons (Fsp3) is 0.651. The van der Waals surface area contributed by atoms with E-state index < -0.39 is 26.8 Å². The molecule has 1 N–H and O–H groups in total. The summed E-state index contributed by atoms with van der Waals surface area (Å²) in [4.78, 5) is 21.4. The number of hydrogen-bond acceptors (Lipinski definition) is 8. The third kappa shape index (κ3) is 7.47. The van der Waals surface area contributed by atoms with Crippen LogP contribution in [-0.4, -0.2) is 99.5 Å². The van der Waals surface area contributed by atoms with Crippen LogP contribution in [0.3, 0.4) is 0 Å². The fourth-order valence-electron chi connectivity index (χ4n) is 10.7. The van der Waals surface area contributed by atoms with Crippen LogP contribution < -0.4 is 14.4 Å². The first-order valence-corrected chi connectivity index (χ1v) is 22.2. The molecule has 9 nitrogen and oxygen atoms in total. The first kappa shape index (κ1) is 39.6. The van der Waals surface area contributed by atoms with Crippen molar-refractivity contribution < 1.29 is 22.7 Å². The summed E-state index contributed by atoms with van der Waals surface area (Å²) >= 11 is 6.52. The highest BCUT2D eigenvalue weighted by molar-refractivity contribution is 7.90. The van der Waals surface area contributed by atoms with Crippen LogP contribution in [0.15, 0.2) is 48.6 Å². The Morgan fingerprint density at radius 3 is 2.48 bits per heavy atom. The van der Waals surface area contributed by atoms with Crippen LogP contribution in [0.25, 0.3) is 0 Å². The van der Waals surface area contributed by atoms with Crippen LogP contribution >= 0.6 is 11.6 Å². The van der Waals surface area contributed by atoms with Gasteiger partial charge in [-0.2, -0.15) is 0 Å². The van der Waals surface area contributed by atoms with Crippen molar-refractivity contribution in [2.45, 2.75) is 114 Å². The van der Waals surface area contributed by atoms with Gasteiger partial charge in [0, 0.05) is 74.0 Å². The lowest BCUT2D eigenvalue weighted by molar-refractivity contribution is -0.104. The first-order chi connectivity index (χ1) is 25.6. The molecule has 7 rings (SSSR count). The van der Waals surface area contributed by atoms with Gasteiger partial charge in [0.25, 0.3) is 5.91 Å². The van der Waals surface area contributed by atoms with Crippen LogP contribution in [0.4, 0.5) is 5.69 Å². The van der Waals surface area contributed by atoms with Gasteiger partial charge in [0.15, 0.2) is 0 Å². The molecule has 11 heteroatoms. The Bertz CT molecular complexity index is 1840. The first-order valence-electron chi connectivity index (χ1n) is 20.2. The molecule has 5 aliphatic rings. The van der Waals surface area contributed by atoms with Crippen molar-refractivity contribution >= 4 is 33.2 Å². The second-order valence-corrected chi connectivity index (χ2v) is 20.1. The number of piperazine rings is 1. The summed E-state index contributed by atoms with van der Waals surface area (Å²) in [7, 11) is -2.10. The third-order valence-corrected chi connectivity index (χ3v) is 15.9. The highest BCUT2D eigenvalue weighted by Crippen LogP contribution is 2.49. The monoisotopic (exact) mass is 780 g/mol. The molecule has 54 heavy (non-hydrogen) atoms. The van der Waals surface area contributed by atoms with Crippen LogP contribution in [0.1, 0.15) is 95.1 Å². The number of anilines is 1. The number of benzene rings is 2. The Balaban J connectivity index is 1.30. The highest BCUT2D eigenvalue weighted by Gasteiger charge is 2.50. The number of nitrogens with zero attached hydrogens (tertiary/aromatic N) is 3. The van der Waals surface area contributed by atoms with Crippen molar-refractivity contribution in [2.75, 3.05) is 51.3 Å². The molecule has 1 saturated heterocycles. The maximum absolute atomic E-state index is 13.7. The van der Waals surface area contributed by atoms with Gasteiger partial charge in [-0.1, -0.05) is 36.7 Å².